The van der Waals surface area contributed by atoms with Crippen LogP contribution in [0.15, 0.2) is 12.1 Å². The second kappa shape index (κ2) is 8.23. The van der Waals surface area contributed by atoms with Gasteiger partial charge in [0.25, 0.3) is 0 Å². The number of cyclic esters (lactones) is 1. The van der Waals surface area contributed by atoms with Gasteiger partial charge in [0.2, 0.25) is 5.91 Å². The van der Waals surface area contributed by atoms with Crippen LogP contribution >= 0.6 is 0 Å². The van der Waals surface area contributed by atoms with Gasteiger partial charge < -0.3 is 15.0 Å². The van der Waals surface area contributed by atoms with E-state index in [1.54, 1.807) is 4.90 Å². The zero-order valence-corrected chi connectivity index (χ0v) is 16.5. The molecule has 7 nitrogen and oxygen atoms in total. The van der Waals surface area contributed by atoms with Gasteiger partial charge in [0.15, 0.2) is 11.6 Å². The molecule has 0 bridgehead atoms. The number of nitriles is 1. The van der Waals surface area contributed by atoms with Gasteiger partial charge in [-0.25, -0.2) is 13.6 Å². The van der Waals surface area contributed by atoms with E-state index in [0.29, 0.717) is 32.4 Å². The Balaban J connectivity index is 1.73. The van der Waals surface area contributed by atoms with Crippen LogP contribution in [0, 0.1) is 28.4 Å². The van der Waals surface area contributed by atoms with E-state index in [4.69, 9.17) is 10.00 Å². The summed E-state index contributed by atoms with van der Waals surface area (Å²) in [5.41, 5.74) is -0.180. The number of halogens is 2. The minimum atomic E-state index is -0.748. The lowest BCUT2D eigenvalue weighted by molar-refractivity contribution is -0.119. The van der Waals surface area contributed by atoms with Crippen molar-refractivity contribution in [2.24, 2.45) is 5.41 Å². The molecule has 29 heavy (non-hydrogen) atoms. The third-order valence-corrected chi connectivity index (χ3v) is 5.56. The predicted molar refractivity (Wildman–Crippen MR) is 102 cm³/mol. The first kappa shape index (κ1) is 20.8. The summed E-state index contributed by atoms with van der Waals surface area (Å²) in [5, 5.41) is 11.5. The summed E-state index contributed by atoms with van der Waals surface area (Å²) in [6.07, 6.45) is 0.463. The molecule has 2 fully saturated rings. The van der Waals surface area contributed by atoms with E-state index < -0.39 is 23.8 Å². The standard InChI is InChI=1S/C20H24F2N4O3/c1-13(27)24-11-15-12-26(19(28)29-15)14-9-16(21)18(17(22)10-14)25-7-4-20(2,3-6-23)5-8-25/h9-10,15H,3-5,7-8,11-12H2,1-2H3,(H,24,27)/t15-/m0/s1. The van der Waals surface area contributed by atoms with Crippen molar-refractivity contribution >= 4 is 23.4 Å². The van der Waals surface area contributed by atoms with Crippen molar-refractivity contribution in [2.75, 3.05) is 36.0 Å². The molecule has 3 rings (SSSR count). The van der Waals surface area contributed by atoms with Gasteiger partial charge in [0, 0.05) is 38.6 Å². The number of nitrogens with zero attached hydrogens (tertiary/aromatic N) is 3. The van der Waals surface area contributed by atoms with Crippen LogP contribution in [0.1, 0.15) is 33.1 Å². The molecule has 0 spiro atoms. The topological polar surface area (TPSA) is 85.7 Å². The third-order valence-electron chi connectivity index (χ3n) is 5.56. The number of carbonyl (C=O) groups is 2. The molecule has 156 valence electrons. The average molecular weight is 406 g/mol. The van der Waals surface area contributed by atoms with Gasteiger partial charge in [-0.1, -0.05) is 6.92 Å². The molecule has 9 heteroatoms. The molecule has 1 N–H and O–H groups in total. The number of ether oxygens (including phenoxy) is 1. The molecule has 0 saturated carbocycles. The van der Waals surface area contributed by atoms with E-state index in [9.17, 15) is 18.4 Å². The third kappa shape index (κ3) is 4.58. The fourth-order valence-corrected chi connectivity index (χ4v) is 3.74. The van der Waals surface area contributed by atoms with Crippen molar-refractivity contribution in [3.63, 3.8) is 0 Å². The summed E-state index contributed by atoms with van der Waals surface area (Å²) in [5.74, 6) is -1.75. The van der Waals surface area contributed by atoms with Crippen LogP contribution in [0.3, 0.4) is 0 Å². The van der Waals surface area contributed by atoms with E-state index in [1.165, 1.54) is 6.92 Å². The van der Waals surface area contributed by atoms with Crippen LogP contribution in [0.5, 0.6) is 0 Å². The summed E-state index contributed by atoms with van der Waals surface area (Å²) in [6.45, 7) is 4.50. The molecule has 2 aliphatic heterocycles. The van der Waals surface area contributed by atoms with Gasteiger partial charge >= 0.3 is 6.09 Å². The normalized spacial score (nSPS) is 20.9. The van der Waals surface area contributed by atoms with Crippen LogP contribution in [0.2, 0.25) is 0 Å². The van der Waals surface area contributed by atoms with Crippen molar-refractivity contribution in [2.45, 2.75) is 39.2 Å². The highest BCUT2D eigenvalue weighted by atomic mass is 19.1. The summed E-state index contributed by atoms with van der Waals surface area (Å²) in [4.78, 5) is 25.9. The fourth-order valence-electron chi connectivity index (χ4n) is 3.74. The lowest BCUT2D eigenvalue weighted by Crippen LogP contribution is -2.39. The van der Waals surface area contributed by atoms with Crippen molar-refractivity contribution in [3.8, 4) is 6.07 Å². The molecule has 0 aliphatic carbocycles. The number of amides is 2. The maximum atomic E-state index is 14.8. The SMILES string of the molecule is CC(=O)NC[C@H]1CN(c2cc(F)c(N3CCC(C)(CC#N)CC3)c(F)c2)C(=O)O1. The van der Waals surface area contributed by atoms with Gasteiger partial charge in [-0.2, -0.15) is 5.26 Å². The van der Waals surface area contributed by atoms with Crippen LogP contribution in [0.25, 0.3) is 0 Å². The van der Waals surface area contributed by atoms with Crippen molar-refractivity contribution < 1.29 is 23.1 Å². The molecule has 1 aromatic carbocycles. The number of benzene rings is 1. The molecular weight excluding hydrogens is 382 g/mol. The summed E-state index contributed by atoms with van der Waals surface area (Å²) in [7, 11) is 0. The van der Waals surface area contributed by atoms with Crippen molar-refractivity contribution in [3.05, 3.63) is 23.8 Å². The maximum Gasteiger partial charge on any atom is 0.414 e. The van der Waals surface area contributed by atoms with Crippen molar-refractivity contribution in [1.29, 1.82) is 5.26 Å². The fraction of sp³-hybridized carbons (Fsp3) is 0.550. The minimum Gasteiger partial charge on any atom is -0.442 e. The van der Waals surface area contributed by atoms with E-state index >= 15 is 0 Å². The molecule has 2 heterocycles. The Morgan fingerprint density at radius 3 is 2.52 bits per heavy atom. The number of carbonyl (C=O) groups excluding carboxylic acids is 2. The Labute approximate surface area is 168 Å². The first-order valence-corrected chi connectivity index (χ1v) is 9.56. The van der Waals surface area contributed by atoms with Gasteiger partial charge in [0.05, 0.1) is 24.8 Å². The van der Waals surface area contributed by atoms with E-state index in [2.05, 4.69) is 11.4 Å². The Kier molecular flexibility index (Phi) is 5.91. The number of rotatable bonds is 5. The van der Waals surface area contributed by atoms with Crippen LogP contribution in [0.4, 0.5) is 25.0 Å². The van der Waals surface area contributed by atoms with Crippen LogP contribution in [-0.2, 0) is 9.53 Å². The molecule has 0 aromatic heterocycles. The number of hydrogen-bond donors (Lipinski definition) is 1. The lowest BCUT2D eigenvalue weighted by atomic mass is 9.78. The van der Waals surface area contributed by atoms with E-state index in [0.717, 1.165) is 17.0 Å². The predicted octanol–water partition coefficient (Wildman–Crippen LogP) is 2.95. The Morgan fingerprint density at radius 1 is 1.34 bits per heavy atom. The van der Waals surface area contributed by atoms with Crippen LogP contribution in [-0.4, -0.2) is 44.3 Å². The summed E-state index contributed by atoms with van der Waals surface area (Å²) < 4.78 is 34.7. The first-order chi connectivity index (χ1) is 13.7. The van der Waals surface area contributed by atoms with Crippen molar-refractivity contribution in [1.82, 2.24) is 5.32 Å². The molecule has 2 saturated heterocycles. The maximum absolute atomic E-state index is 14.8. The van der Waals surface area contributed by atoms with Gasteiger partial charge in [-0.05, 0) is 18.3 Å². The second-order valence-corrected chi connectivity index (χ2v) is 7.94. The quantitative estimate of drug-likeness (QED) is 0.813. The van der Waals surface area contributed by atoms with Crippen LogP contribution < -0.4 is 15.1 Å². The second-order valence-electron chi connectivity index (χ2n) is 7.94. The zero-order valence-electron chi connectivity index (χ0n) is 16.5. The highest BCUT2D eigenvalue weighted by Crippen LogP contribution is 2.38. The average Bonchev–Trinajstić information content (AvgIpc) is 3.02. The molecular formula is C20H24F2N4O3. The number of anilines is 2. The van der Waals surface area contributed by atoms with Gasteiger partial charge in [-0.15, -0.1) is 0 Å². The molecule has 1 aromatic rings. The molecule has 0 unspecified atom stereocenters. The zero-order chi connectivity index (χ0) is 21.2. The Hall–Kier alpha value is -2.89. The summed E-state index contributed by atoms with van der Waals surface area (Å²) >= 11 is 0. The summed E-state index contributed by atoms with van der Waals surface area (Å²) in [6, 6.07) is 4.43. The monoisotopic (exact) mass is 406 g/mol. The highest BCUT2D eigenvalue weighted by molar-refractivity contribution is 5.90. The molecule has 1 atom stereocenters. The Morgan fingerprint density at radius 2 is 1.97 bits per heavy atom. The number of hydrogen-bond acceptors (Lipinski definition) is 5. The van der Waals surface area contributed by atoms with E-state index in [-0.39, 0.29) is 35.8 Å². The largest absolute Gasteiger partial charge is 0.442 e. The molecule has 2 aliphatic rings. The molecule has 0 radical (unpaired) electrons. The van der Waals surface area contributed by atoms with E-state index in [1.807, 2.05) is 6.92 Å². The highest BCUT2D eigenvalue weighted by Gasteiger charge is 2.35. The minimum absolute atomic E-state index is 0.0744. The number of piperidine rings is 1. The van der Waals surface area contributed by atoms with Gasteiger partial charge in [0.1, 0.15) is 11.8 Å². The Bertz CT molecular complexity index is 824. The van der Waals surface area contributed by atoms with Gasteiger partial charge in [-0.3, -0.25) is 9.69 Å². The molecule has 2 amide bonds. The first-order valence-electron chi connectivity index (χ1n) is 9.56. The smallest absolute Gasteiger partial charge is 0.414 e. The lowest BCUT2D eigenvalue weighted by Gasteiger charge is -2.39. The number of nitrogens with one attached hydrogen (secondary N) is 1.